The zero-order valence-electron chi connectivity index (χ0n) is 10.7. The summed E-state index contributed by atoms with van der Waals surface area (Å²) in [5.41, 5.74) is 0. The molecule has 94 valence electrons. The number of anilines is 2. The highest BCUT2D eigenvalue weighted by Gasteiger charge is 2.23. The minimum atomic E-state index is 0.834. The molecule has 1 aliphatic rings. The van der Waals surface area contributed by atoms with Gasteiger partial charge in [-0.1, -0.05) is 11.8 Å². The SMILES string of the molecule is CCNc1cc(N(C)CC2CC2)nc(SC)n1. The van der Waals surface area contributed by atoms with Crippen LogP contribution in [0.15, 0.2) is 11.2 Å². The van der Waals surface area contributed by atoms with E-state index in [1.54, 1.807) is 11.8 Å². The van der Waals surface area contributed by atoms with Crippen molar-refractivity contribution in [2.45, 2.75) is 24.9 Å². The number of thioether (sulfide) groups is 1. The number of aromatic nitrogens is 2. The molecule has 0 amide bonds. The molecule has 1 N–H and O–H groups in total. The largest absolute Gasteiger partial charge is 0.370 e. The Balaban J connectivity index is 2.14. The van der Waals surface area contributed by atoms with Gasteiger partial charge in [0, 0.05) is 26.2 Å². The van der Waals surface area contributed by atoms with Crippen molar-refractivity contribution < 1.29 is 0 Å². The third-order valence-corrected chi connectivity index (χ3v) is 3.40. The molecule has 2 rings (SSSR count). The molecule has 0 unspecified atom stereocenters. The maximum absolute atomic E-state index is 4.55. The number of nitrogens with zero attached hydrogens (tertiary/aromatic N) is 3. The monoisotopic (exact) mass is 252 g/mol. The summed E-state index contributed by atoms with van der Waals surface area (Å²) in [6.45, 7) is 4.07. The molecular formula is C12H20N4S. The average Bonchev–Trinajstić information content (AvgIpc) is 3.13. The van der Waals surface area contributed by atoms with E-state index in [-0.39, 0.29) is 0 Å². The first-order valence-electron chi connectivity index (χ1n) is 6.11. The van der Waals surface area contributed by atoms with Gasteiger partial charge in [-0.3, -0.25) is 0 Å². The summed E-state index contributed by atoms with van der Waals surface area (Å²) in [6, 6.07) is 2.03. The maximum atomic E-state index is 4.55. The van der Waals surface area contributed by atoms with Crippen LogP contribution in [0.4, 0.5) is 11.6 Å². The number of rotatable bonds is 6. The maximum Gasteiger partial charge on any atom is 0.191 e. The summed E-state index contributed by atoms with van der Waals surface area (Å²) in [4.78, 5) is 11.2. The van der Waals surface area contributed by atoms with Crippen LogP contribution in [0.2, 0.25) is 0 Å². The highest BCUT2D eigenvalue weighted by Crippen LogP contribution is 2.31. The third-order valence-electron chi connectivity index (χ3n) is 2.85. The van der Waals surface area contributed by atoms with Crippen molar-refractivity contribution in [2.75, 3.05) is 36.6 Å². The lowest BCUT2D eigenvalue weighted by Gasteiger charge is -2.19. The highest BCUT2D eigenvalue weighted by atomic mass is 32.2. The van der Waals surface area contributed by atoms with Gasteiger partial charge in [-0.2, -0.15) is 0 Å². The van der Waals surface area contributed by atoms with Gasteiger partial charge in [0.1, 0.15) is 11.6 Å². The fourth-order valence-corrected chi connectivity index (χ4v) is 2.13. The molecule has 1 fully saturated rings. The molecule has 1 saturated carbocycles. The second kappa shape index (κ2) is 5.58. The normalized spacial score (nSPS) is 14.8. The average molecular weight is 252 g/mol. The fourth-order valence-electron chi connectivity index (χ4n) is 1.75. The molecule has 1 heterocycles. The molecule has 0 bridgehead atoms. The van der Waals surface area contributed by atoms with Crippen LogP contribution in [0.1, 0.15) is 19.8 Å². The number of nitrogens with one attached hydrogen (secondary N) is 1. The summed E-state index contributed by atoms with van der Waals surface area (Å²) < 4.78 is 0. The molecule has 0 atom stereocenters. The first kappa shape index (κ1) is 12.5. The second-order valence-electron chi connectivity index (χ2n) is 4.45. The van der Waals surface area contributed by atoms with Crippen LogP contribution in [-0.4, -0.2) is 36.4 Å². The Morgan fingerprint density at radius 2 is 2.24 bits per heavy atom. The molecule has 5 heteroatoms. The fraction of sp³-hybridized carbons (Fsp3) is 0.667. The Morgan fingerprint density at radius 3 is 2.82 bits per heavy atom. The van der Waals surface area contributed by atoms with Crippen molar-refractivity contribution in [3.63, 3.8) is 0 Å². The van der Waals surface area contributed by atoms with Gasteiger partial charge < -0.3 is 10.2 Å². The van der Waals surface area contributed by atoms with Crippen LogP contribution < -0.4 is 10.2 Å². The molecular weight excluding hydrogens is 232 g/mol. The van der Waals surface area contributed by atoms with Crippen molar-refractivity contribution in [1.82, 2.24) is 9.97 Å². The molecule has 0 aliphatic heterocycles. The smallest absolute Gasteiger partial charge is 0.191 e. The lowest BCUT2D eigenvalue weighted by molar-refractivity contribution is 0.766. The van der Waals surface area contributed by atoms with E-state index >= 15 is 0 Å². The van der Waals surface area contributed by atoms with Crippen molar-refractivity contribution in [3.05, 3.63) is 6.07 Å². The quantitative estimate of drug-likeness (QED) is 0.622. The molecule has 1 aliphatic carbocycles. The van der Waals surface area contributed by atoms with Crippen LogP contribution in [0.25, 0.3) is 0 Å². The Hall–Kier alpha value is -0.970. The molecule has 0 aromatic carbocycles. The van der Waals surface area contributed by atoms with Gasteiger partial charge >= 0.3 is 0 Å². The van der Waals surface area contributed by atoms with E-state index in [1.807, 2.05) is 12.3 Å². The molecule has 0 radical (unpaired) electrons. The minimum Gasteiger partial charge on any atom is -0.370 e. The summed E-state index contributed by atoms with van der Waals surface area (Å²) >= 11 is 1.59. The topological polar surface area (TPSA) is 41.0 Å². The molecule has 1 aromatic heterocycles. The van der Waals surface area contributed by atoms with E-state index < -0.39 is 0 Å². The lowest BCUT2D eigenvalue weighted by Crippen LogP contribution is -2.21. The number of hydrogen-bond acceptors (Lipinski definition) is 5. The van der Waals surface area contributed by atoms with Crippen molar-refractivity contribution in [2.24, 2.45) is 5.92 Å². The Morgan fingerprint density at radius 1 is 1.47 bits per heavy atom. The van der Waals surface area contributed by atoms with E-state index in [2.05, 4.69) is 34.2 Å². The van der Waals surface area contributed by atoms with E-state index in [0.29, 0.717) is 0 Å². The molecule has 0 spiro atoms. The van der Waals surface area contributed by atoms with Gasteiger partial charge in [0.15, 0.2) is 5.16 Å². The third kappa shape index (κ3) is 3.49. The molecule has 17 heavy (non-hydrogen) atoms. The van der Waals surface area contributed by atoms with Crippen LogP contribution in [0.3, 0.4) is 0 Å². The minimum absolute atomic E-state index is 0.834. The van der Waals surface area contributed by atoms with Crippen LogP contribution >= 0.6 is 11.8 Å². The van der Waals surface area contributed by atoms with Gasteiger partial charge in [-0.05, 0) is 31.9 Å². The predicted molar refractivity (Wildman–Crippen MR) is 74.0 cm³/mol. The van der Waals surface area contributed by atoms with E-state index in [0.717, 1.165) is 35.8 Å². The zero-order valence-corrected chi connectivity index (χ0v) is 11.5. The predicted octanol–water partition coefficient (Wildman–Crippen LogP) is 2.48. The molecule has 1 aromatic rings. The highest BCUT2D eigenvalue weighted by molar-refractivity contribution is 7.98. The van der Waals surface area contributed by atoms with E-state index in [4.69, 9.17) is 0 Å². The van der Waals surface area contributed by atoms with Gasteiger partial charge in [0.05, 0.1) is 0 Å². The van der Waals surface area contributed by atoms with E-state index in [9.17, 15) is 0 Å². The summed E-state index contributed by atoms with van der Waals surface area (Å²) in [7, 11) is 2.11. The van der Waals surface area contributed by atoms with Gasteiger partial charge in [0.2, 0.25) is 0 Å². The first-order chi connectivity index (χ1) is 8.22. The van der Waals surface area contributed by atoms with Gasteiger partial charge in [0.25, 0.3) is 0 Å². The zero-order chi connectivity index (χ0) is 12.3. The van der Waals surface area contributed by atoms with Crippen molar-refractivity contribution in [3.8, 4) is 0 Å². The standard InChI is InChI=1S/C12H20N4S/c1-4-13-10-7-11(15-12(14-10)17-3)16(2)8-9-5-6-9/h7,9H,4-6,8H2,1-3H3,(H,13,14,15). The van der Waals surface area contributed by atoms with E-state index in [1.165, 1.54) is 12.8 Å². The molecule has 0 saturated heterocycles. The molecule has 4 nitrogen and oxygen atoms in total. The summed E-state index contributed by atoms with van der Waals surface area (Å²) in [5, 5.41) is 4.09. The van der Waals surface area contributed by atoms with Crippen LogP contribution in [-0.2, 0) is 0 Å². The van der Waals surface area contributed by atoms with Gasteiger partial charge in [-0.25, -0.2) is 9.97 Å². The van der Waals surface area contributed by atoms with Crippen LogP contribution in [0, 0.1) is 5.92 Å². The summed E-state index contributed by atoms with van der Waals surface area (Å²) in [5.74, 6) is 2.81. The van der Waals surface area contributed by atoms with Crippen LogP contribution in [0.5, 0.6) is 0 Å². The Labute approximate surface area is 107 Å². The Kier molecular flexibility index (Phi) is 4.10. The summed E-state index contributed by atoms with van der Waals surface area (Å²) in [6.07, 6.45) is 4.74. The van der Waals surface area contributed by atoms with Crippen molar-refractivity contribution >= 4 is 23.4 Å². The second-order valence-corrected chi connectivity index (χ2v) is 5.23. The number of hydrogen-bond donors (Lipinski definition) is 1. The first-order valence-corrected chi connectivity index (χ1v) is 7.33. The van der Waals surface area contributed by atoms with Gasteiger partial charge in [-0.15, -0.1) is 0 Å². The Bertz CT molecular complexity index is 379. The van der Waals surface area contributed by atoms with Crippen molar-refractivity contribution in [1.29, 1.82) is 0 Å². The lowest BCUT2D eigenvalue weighted by atomic mass is 10.4.